The van der Waals surface area contributed by atoms with Gasteiger partial charge in [0.25, 0.3) is 0 Å². The van der Waals surface area contributed by atoms with Crippen LogP contribution in [0.25, 0.3) is 0 Å². The monoisotopic (exact) mass is 567 g/mol. The summed E-state index contributed by atoms with van der Waals surface area (Å²) in [6.07, 6.45) is 4.87. The van der Waals surface area contributed by atoms with Crippen LogP contribution in [0.4, 0.5) is 5.69 Å². The number of fused-ring (bicyclic) bond motifs is 1. The molecule has 0 saturated heterocycles. The summed E-state index contributed by atoms with van der Waals surface area (Å²) in [6.45, 7) is 4.36. The predicted octanol–water partition coefficient (Wildman–Crippen LogP) is 4.71. The van der Waals surface area contributed by atoms with E-state index in [0.29, 0.717) is 11.3 Å². The molecule has 0 radical (unpaired) electrons. The SMILES string of the molecule is Cc1ccc(C(CC(=O)Nc2cccnc2)c2ccc(C#N)cc2C)cc1CN1CCOc2ncccc2S1(=O)=O. The fourth-order valence-corrected chi connectivity index (χ4v) is 6.48. The van der Waals surface area contributed by atoms with Crippen LogP contribution in [0.3, 0.4) is 0 Å². The minimum absolute atomic E-state index is 0.0458. The van der Waals surface area contributed by atoms with E-state index in [-0.39, 0.29) is 48.7 Å². The van der Waals surface area contributed by atoms with Gasteiger partial charge >= 0.3 is 0 Å². The Morgan fingerprint density at radius 3 is 2.68 bits per heavy atom. The summed E-state index contributed by atoms with van der Waals surface area (Å²) in [7, 11) is -3.84. The third-order valence-electron chi connectivity index (χ3n) is 7.16. The summed E-state index contributed by atoms with van der Waals surface area (Å²) in [5.41, 5.74) is 5.56. The zero-order valence-corrected chi connectivity index (χ0v) is 23.6. The van der Waals surface area contributed by atoms with Crippen LogP contribution < -0.4 is 10.1 Å². The Labute approximate surface area is 239 Å². The summed E-state index contributed by atoms with van der Waals surface area (Å²) >= 11 is 0. The van der Waals surface area contributed by atoms with Gasteiger partial charge in [0.15, 0.2) is 0 Å². The molecule has 1 N–H and O–H groups in total. The highest BCUT2D eigenvalue weighted by Gasteiger charge is 2.32. The van der Waals surface area contributed by atoms with E-state index in [1.807, 2.05) is 44.2 Å². The zero-order valence-electron chi connectivity index (χ0n) is 22.7. The van der Waals surface area contributed by atoms with Crippen LogP contribution >= 0.6 is 0 Å². The number of ether oxygens (including phenoxy) is 1. The molecule has 208 valence electrons. The highest BCUT2D eigenvalue weighted by atomic mass is 32.2. The maximum atomic E-state index is 13.5. The lowest BCUT2D eigenvalue weighted by Crippen LogP contribution is -2.32. The second-order valence-corrected chi connectivity index (χ2v) is 11.8. The van der Waals surface area contributed by atoms with E-state index in [1.165, 1.54) is 16.6 Å². The van der Waals surface area contributed by atoms with Crippen LogP contribution in [0.1, 0.15) is 45.7 Å². The number of rotatable bonds is 7. The molecule has 3 heterocycles. The summed E-state index contributed by atoms with van der Waals surface area (Å²) in [6, 6.07) is 20.1. The molecule has 1 aliphatic heterocycles. The first-order valence-electron chi connectivity index (χ1n) is 13.1. The van der Waals surface area contributed by atoms with Crippen molar-refractivity contribution in [2.24, 2.45) is 0 Å². The number of hydrogen-bond donors (Lipinski definition) is 1. The van der Waals surface area contributed by atoms with Gasteiger partial charge in [-0.3, -0.25) is 9.78 Å². The van der Waals surface area contributed by atoms with Gasteiger partial charge in [-0.2, -0.15) is 9.57 Å². The molecule has 1 amide bonds. The molecular formula is C31H29N5O4S. The zero-order chi connectivity index (χ0) is 29.0. The lowest BCUT2D eigenvalue weighted by molar-refractivity contribution is -0.116. The number of nitrogens with one attached hydrogen (secondary N) is 1. The number of aromatic nitrogens is 2. The molecule has 1 unspecified atom stereocenters. The molecule has 41 heavy (non-hydrogen) atoms. The van der Waals surface area contributed by atoms with Crippen molar-refractivity contribution in [1.29, 1.82) is 5.26 Å². The summed E-state index contributed by atoms with van der Waals surface area (Å²) in [5.74, 6) is -0.422. The van der Waals surface area contributed by atoms with E-state index in [4.69, 9.17) is 4.74 Å². The first-order valence-corrected chi connectivity index (χ1v) is 14.6. The van der Waals surface area contributed by atoms with Gasteiger partial charge in [0.05, 0.1) is 23.5 Å². The lowest BCUT2D eigenvalue weighted by Gasteiger charge is -2.24. The Morgan fingerprint density at radius 1 is 1.10 bits per heavy atom. The van der Waals surface area contributed by atoms with Crippen molar-refractivity contribution in [1.82, 2.24) is 14.3 Å². The van der Waals surface area contributed by atoms with Crippen molar-refractivity contribution in [3.8, 4) is 11.9 Å². The fraction of sp³-hybridized carbons (Fsp3) is 0.226. The third kappa shape index (κ3) is 6.11. The Balaban J connectivity index is 1.50. The number of pyridine rings is 2. The molecule has 0 bridgehead atoms. The number of nitriles is 1. The van der Waals surface area contributed by atoms with Crippen LogP contribution in [0, 0.1) is 25.2 Å². The number of benzene rings is 2. The van der Waals surface area contributed by atoms with Gasteiger partial charge in [0, 0.05) is 37.8 Å². The Morgan fingerprint density at radius 2 is 1.93 bits per heavy atom. The highest BCUT2D eigenvalue weighted by molar-refractivity contribution is 7.89. The second kappa shape index (κ2) is 11.9. The molecule has 0 spiro atoms. The molecule has 2 aromatic carbocycles. The standard InChI is InChI=1S/C31H29N5O4S/c1-21-7-9-24(16-25(21)20-36-13-14-40-31-29(41(36,38)39)6-4-12-34-31)28(27-10-8-23(18-32)15-22(27)2)17-30(37)35-26-5-3-11-33-19-26/h3-12,15-16,19,28H,13-14,17,20H2,1-2H3,(H,35,37). The molecule has 0 saturated carbocycles. The first-order chi connectivity index (χ1) is 19.8. The second-order valence-electron chi connectivity index (χ2n) is 9.91. The average Bonchev–Trinajstić information content (AvgIpc) is 3.09. The van der Waals surface area contributed by atoms with Crippen LogP contribution in [0.2, 0.25) is 0 Å². The van der Waals surface area contributed by atoms with Gasteiger partial charge in [0.2, 0.25) is 21.8 Å². The van der Waals surface area contributed by atoms with E-state index in [0.717, 1.165) is 27.8 Å². The summed E-state index contributed by atoms with van der Waals surface area (Å²) < 4.78 is 34.1. The van der Waals surface area contributed by atoms with E-state index < -0.39 is 10.0 Å². The number of aryl methyl sites for hydroxylation is 2. The lowest BCUT2D eigenvalue weighted by atomic mass is 9.84. The molecule has 9 nitrogen and oxygen atoms in total. The average molecular weight is 568 g/mol. The number of nitrogens with zero attached hydrogens (tertiary/aromatic N) is 4. The van der Waals surface area contributed by atoms with Crippen molar-refractivity contribution in [3.05, 3.63) is 113 Å². The number of anilines is 1. The fourth-order valence-electron chi connectivity index (χ4n) is 4.99. The largest absolute Gasteiger partial charge is 0.475 e. The van der Waals surface area contributed by atoms with Gasteiger partial charge in [-0.15, -0.1) is 0 Å². The maximum absolute atomic E-state index is 13.5. The van der Waals surface area contributed by atoms with Crippen molar-refractivity contribution in [2.45, 2.75) is 37.6 Å². The Kier molecular flexibility index (Phi) is 8.10. The molecule has 0 fully saturated rings. The normalized spacial score (nSPS) is 15.0. The number of sulfonamides is 1. The smallest absolute Gasteiger partial charge is 0.248 e. The van der Waals surface area contributed by atoms with Gasteiger partial charge in [-0.25, -0.2) is 13.4 Å². The predicted molar refractivity (Wildman–Crippen MR) is 154 cm³/mol. The van der Waals surface area contributed by atoms with Gasteiger partial charge in [0.1, 0.15) is 11.5 Å². The van der Waals surface area contributed by atoms with Crippen molar-refractivity contribution in [3.63, 3.8) is 0 Å². The highest BCUT2D eigenvalue weighted by Crippen LogP contribution is 2.34. The van der Waals surface area contributed by atoms with Crippen LogP contribution in [0.5, 0.6) is 5.88 Å². The summed E-state index contributed by atoms with van der Waals surface area (Å²) in [4.78, 5) is 21.4. The van der Waals surface area contributed by atoms with E-state index >= 15 is 0 Å². The molecule has 2 aromatic heterocycles. The maximum Gasteiger partial charge on any atom is 0.248 e. The van der Waals surface area contributed by atoms with E-state index in [1.54, 1.807) is 36.7 Å². The van der Waals surface area contributed by atoms with Gasteiger partial charge in [-0.1, -0.05) is 24.3 Å². The minimum Gasteiger partial charge on any atom is -0.475 e. The van der Waals surface area contributed by atoms with Crippen LogP contribution in [-0.4, -0.2) is 41.7 Å². The van der Waals surface area contributed by atoms with E-state index in [9.17, 15) is 18.5 Å². The number of hydrogen-bond acceptors (Lipinski definition) is 7. The molecular weight excluding hydrogens is 538 g/mol. The quantitative estimate of drug-likeness (QED) is 0.343. The van der Waals surface area contributed by atoms with Crippen molar-refractivity contribution in [2.75, 3.05) is 18.5 Å². The third-order valence-corrected chi connectivity index (χ3v) is 9.02. The van der Waals surface area contributed by atoms with Gasteiger partial charge in [-0.05, 0) is 78.1 Å². The molecule has 4 aromatic rings. The molecule has 1 aliphatic rings. The molecule has 10 heteroatoms. The van der Waals surface area contributed by atoms with Crippen molar-refractivity contribution >= 4 is 21.6 Å². The topological polar surface area (TPSA) is 125 Å². The molecule has 1 atom stereocenters. The Bertz CT molecular complexity index is 1740. The molecule has 0 aliphatic carbocycles. The Hall–Kier alpha value is -4.59. The van der Waals surface area contributed by atoms with Crippen molar-refractivity contribution < 1.29 is 17.9 Å². The number of amides is 1. The summed E-state index contributed by atoms with van der Waals surface area (Å²) in [5, 5.41) is 12.3. The molecule has 5 rings (SSSR count). The number of carbonyl (C=O) groups is 1. The van der Waals surface area contributed by atoms with Gasteiger partial charge < -0.3 is 10.1 Å². The van der Waals surface area contributed by atoms with Crippen LogP contribution in [-0.2, 0) is 21.4 Å². The first kappa shape index (κ1) is 28.0. The number of carbonyl (C=O) groups excluding carboxylic acids is 1. The van der Waals surface area contributed by atoms with Crippen LogP contribution in [0.15, 0.2) is 84.1 Å². The minimum atomic E-state index is -3.84. The van der Waals surface area contributed by atoms with E-state index in [2.05, 4.69) is 21.4 Å².